The number of rotatable bonds is 4. The molecular weight excluding hydrogens is 268 g/mol. The highest BCUT2D eigenvalue weighted by Crippen LogP contribution is 2.08. The first-order valence-corrected chi connectivity index (χ1v) is 6.55. The van der Waals surface area contributed by atoms with Crippen molar-refractivity contribution in [3.8, 4) is 0 Å². The van der Waals surface area contributed by atoms with Gasteiger partial charge in [-0.15, -0.1) is 0 Å². The first kappa shape index (κ1) is 12.0. The Balaban J connectivity index is 1.71. The first-order chi connectivity index (χ1) is 7.84. The second kappa shape index (κ2) is 6.33. The smallest absolute Gasteiger partial charge is 0.106 e. The van der Waals surface area contributed by atoms with Crippen molar-refractivity contribution in [3.63, 3.8) is 0 Å². The Bertz CT molecular complexity index is 327. The Morgan fingerprint density at radius 1 is 1.31 bits per heavy atom. The average Bonchev–Trinajstić information content (AvgIpc) is 2.30. The van der Waals surface area contributed by atoms with Crippen LogP contribution < -0.4 is 0 Å². The number of hydrogen-bond acceptors (Lipinski definition) is 3. The van der Waals surface area contributed by atoms with Gasteiger partial charge in [0, 0.05) is 18.8 Å². The molecule has 0 bridgehead atoms. The van der Waals surface area contributed by atoms with E-state index < -0.39 is 0 Å². The van der Waals surface area contributed by atoms with Gasteiger partial charge in [0.25, 0.3) is 0 Å². The van der Waals surface area contributed by atoms with Gasteiger partial charge in [-0.1, -0.05) is 6.07 Å². The molecule has 0 amide bonds. The lowest BCUT2D eigenvalue weighted by Gasteiger charge is -2.26. The molecule has 16 heavy (non-hydrogen) atoms. The van der Waals surface area contributed by atoms with Gasteiger partial charge in [0.2, 0.25) is 0 Å². The molecule has 0 saturated carbocycles. The van der Waals surface area contributed by atoms with Gasteiger partial charge in [0.15, 0.2) is 0 Å². The lowest BCUT2D eigenvalue weighted by atomic mass is 10.2. The van der Waals surface area contributed by atoms with Crippen LogP contribution in [0.1, 0.15) is 12.1 Å². The molecule has 88 valence electrons. The molecule has 1 saturated heterocycles. The molecule has 4 heteroatoms. The second-order valence-corrected chi connectivity index (χ2v) is 4.82. The summed E-state index contributed by atoms with van der Waals surface area (Å²) in [6, 6.07) is 6.09. The summed E-state index contributed by atoms with van der Waals surface area (Å²) in [5.74, 6) is 0. The summed E-state index contributed by atoms with van der Waals surface area (Å²) < 4.78 is 6.25. The highest BCUT2D eigenvalue weighted by Gasteiger charge is 2.09. The number of pyridine rings is 1. The van der Waals surface area contributed by atoms with Crippen molar-refractivity contribution in [3.05, 3.63) is 28.5 Å². The quantitative estimate of drug-likeness (QED) is 0.792. The Kier molecular flexibility index (Phi) is 4.75. The third-order valence-electron chi connectivity index (χ3n) is 2.78. The largest absolute Gasteiger partial charge is 0.379 e. The number of aryl methyl sites for hydroxylation is 1. The highest BCUT2D eigenvalue weighted by molar-refractivity contribution is 9.10. The van der Waals surface area contributed by atoms with Crippen molar-refractivity contribution in [2.75, 3.05) is 32.8 Å². The minimum Gasteiger partial charge on any atom is -0.379 e. The molecule has 1 aliphatic rings. The lowest BCUT2D eigenvalue weighted by Crippen LogP contribution is -2.36. The maximum Gasteiger partial charge on any atom is 0.106 e. The fraction of sp³-hybridized carbons (Fsp3) is 0.583. The number of aromatic nitrogens is 1. The number of halogens is 1. The summed E-state index contributed by atoms with van der Waals surface area (Å²) >= 11 is 3.39. The van der Waals surface area contributed by atoms with Crippen LogP contribution in [0.15, 0.2) is 22.8 Å². The fourth-order valence-electron chi connectivity index (χ4n) is 1.90. The van der Waals surface area contributed by atoms with Gasteiger partial charge in [-0.2, -0.15) is 0 Å². The summed E-state index contributed by atoms with van der Waals surface area (Å²) in [6.07, 6.45) is 2.22. The number of ether oxygens (including phenoxy) is 1. The van der Waals surface area contributed by atoms with E-state index in [2.05, 4.69) is 31.9 Å². The van der Waals surface area contributed by atoms with Crippen LogP contribution in [0.2, 0.25) is 0 Å². The van der Waals surface area contributed by atoms with Gasteiger partial charge >= 0.3 is 0 Å². The Morgan fingerprint density at radius 2 is 2.12 bits per heavy atom. The summed E-state index contributed by atoms with van der Waals surface area (Å²) in [5, 5.41) is 0. The molecule has 0 spiro atoms. The normalized spacial score (nSPS) is 17.6. The van der Waals surface area contributed by atoms with Crippen LogP contribution in [0.4, 0.5) is 0 Å². The molecule has 0 aromatic carbocycles. The summed E-state index contributed by atoms with van der Waals surface area (Å²) in [6.45, 7) is 5.07. The molecule has 3 nitrogen and oxygen atoms in total. The predicted octanol–water partition coefficient (Wildman–Crippen LogP) is 2.11. The summed E-state index contributed by atoms with van der Waals surface area (Å²) in [7, 11) is 0. The van der Waals surface area contributed by atoms with Gasteiger partial charge in [0.1, 0.15) is 4.60 Å². The zero-order valence-corrected chi connectivity index (χ0v) is 10.9. The monoisotopic (exact) mass is 284 g/mol. The third-order valence-corrected chi connectivity index (χ3v) is 3.23. The predicted molar refractivity (Wildman–Crippen MR) is 67.5 cm³/mol. The van der Waals surface area contributed by atoms with E-state index in [-0.39, 0.29) is 0 Å². The fourth-order valence-corrected chi connectivity index (χ4v) is 2.28. The van der Waals surface area contributed by atoms with Crippen molar-refractivity contribution >= 4 is 15.9 Å². The van der Waals surface area contributed by atoms with E-state index in [0.29, 0.717) is 0 Å². The van der Waals surface area contributed by atoms with Crippen molar-refractivity contribution in [1.82, 2.24) is 9.88 Å². The molecule has 0 radical (unpaired) electrons. The Morgan fingerprint density at radius 3 is 2.88 bits per heavy atom. The third kappa shape index (κ3) is 3.85. The lowest BCUT2D eigenvalue weighted by molar-refractivity contribution is 0.0374. The molecule has 1 aromatic heterocycles. The van der Waals surface area contributed by atoms with Crippen LogP contribution in [0.25, 0.3) is 0 Å². The maximum absolute atomic E-state index is 5.32. The number of hydrogen-bond donors (Lipinski definition) is 0. The van der Waals surface area contributed by atoms with Crippen LogP contribution >= 0.6 is 15.9 Å². The van der Waals surface area contributed by atoms with Crippen molar-refractivity contribution in [1.29, 1.82) is 0 Å². The van der Waals surface area contributed by atoms with Crippen molar-refractivity contribution < 1.29 is 4.74 Å². The van der Waals surface area contributed by atoms with Crippen molar-refractivity contribution in [2.45, 2.75) is 12.8 Å². The van der Waals surface area contributed by atoms with Crippen LogP contribution in [0, 0.1) is 0 Å². The zero-order valence-electron chi connectivity index (χ0n) is 9.36. The summed E-state index contributed by atoms with van der Waals surface area (Å²) in [4.78, 5) is 6.89. The topological polar surface area (TPSA) is 25.4 Å². The molecule has 0 unspecified atom stereocenters. The first-order valence-electron chi connectivity index (χ1n) is 5.76. The number of morpholine rings is 1. The minimum absolute atomic E-state index is 0.884. The van der Waals surface area contributed by atoms with E-state index in [1.165, 1.54) is 12.1 Å². The summed E-state index contributed by atoms with van der Waals surface area (Å²) in [5.41, 5.74) is 1.17. The zero-order chi connectivity index (χ0) is 11.2. The molecule has 0 N–H and O–H groups in total. The van der Waals surface area contributed by atoms with Gasteiger partial charge in [-0.25, -0.2) is 4.98 Å². The van der Waals surface area contributed by atoms with Crippen LogP contribution in [0.3, 0.4) is 0 Å². The van der Waals surface area contributed by atoms with Gasteiger partial charge < -0.3 is 4.74 Å². The average molecular weight is 285 g/mol. The standard InChI is InChI=1S/C12H17BrN2O/c13-12-5-1-3-11(14-12)4-2-6-15-7-9-16-10-8-15/h1,3,5H,2,4,6-10H2. The van der Waals surface area contributed by atoms with E-state index >= 15 is 0 Å². The van der Waals surface area contributed by atoms with E-state index in [4.69, 9.17) is 4.74 Å². The maximum atomic E-state index is 5.32. The Labute approximate surface area is 105 Å². The van der Waals surface area contributed by atoms with E-state index in [1.807, 2.05) is 12.1 Å². The van der Waals surface area contributed by atoms with Gasteiger partial charge in [-0.05, 0) is 47.4 Å². The molecule has 2 heterocycles. The molecule has 1 aromatic rings. The Hall–Kier alpha value is -0.450. The van der Waals surface area contributed by atoms with E-state index in [9.17, 15) is 0 Å². The van der Waals surface area contributed by atoms with E-state index in [0.717, 1.165) is 43.9 Å². The molecule has 1 aliphatic heterocycles. The number of nitrogens with zero attached hydrogens (tertiary/aromatic N) is 2. The van der Waals surface area contributed by atoms with E-state index in [1.54, 1.807) is 0 Å². The van der Waals surface area contributed by atoms with Crippen LogP contribution in [-0.2, 0) is 11.2 Å². The van der Waals surface area contributed by atoms with Crippen LogP contribution in [-0.4, -0.2) is 42.7 Å². The molecule has 1 fully saturated rings. The molecule has 0 aliphatic carbocycles. The van der Waals surface area contributed by atoms with Gasteiger partial charge in [0.05, 0.1) is 13.2 Å². The SMILES string of the molecule is Brc1cccc(CCCN2CCOCC2)n1. The molecular formula is C12H17BrN2O. The molecule has 2 rings (SSSR count). The van der Waals surface area contributed by atoms with Crippen LogP contribution in [0.5, 0.6) is 0 Å². The minimum atomic E-state index is 0.884. The van der Waals surface area contributed by atoms with Crippen molar-refractivity contribution in [2.24, 2.45) is 0 Å². The van der Waals surface area contributed by atoms with Gasteiger partial charge in [-0.3, -0.25) is 4.90 Å². The highest BCUT2D eigenvalue weighted by atomic mass is 79.9. The second-order valence-electron chi connectivity index (χ2n) is 4.01. The molecule has 0 atom stereocenters.